The van der Waals surface area contributed by atoms with Gasteiger partial charge in [0.05, 0.1) is 17.2 Å². The minimum Gasteiger partial charge on any atom is -0.373 e. The number of benzene rings is 1. The summed E-state index contributed by atoms with van der Waals surface area (Å²) < 4.78 is 32.1. The van der Waals surface area contributed by atoms with Crippen molar-refractivity contribution in [2.45, 2.75) is 50.3 Å². The van der Waals surface area contributed by atoms with Crippen molar-refractivity contribution in [2.24, 2.45) is 0 Å². The number of nitrogens with one attached hydrogen (secondary N) is 2. The number of nitrogens with zero attached hydrogens (tertiary/aromatic N) is 1. The topological polar surface area (TPSA) is 87.7 Å². The second-order valence-corrected chi connectivity index (χ2v) is 9.77. The van der Waals surface area contributed by atoms with Crippen LogP contribution in [0.2, 0.25) is 5.02 Å². The molecule has 1 heterocycles. The zero-order valence-corrected chi connectivity index (χ0v) is 17.9. The third-order valence-corrected chi connectivity index (χ3v) is 6.60. The summed E-state index contributed by atoms with van der Waals surface area (Å²) in [5, 5.41) is 2.97. The fourth-order valence-corrected chi connectivity index (χ4v) is 4.39. The van der Waals surface area contributed by atoms with E-state index in [4.69, 9.17) is 16.3 Å². The molecule has 1 aliphatic heterocycles. The number of rotatable bonds is 6. The van der Waals surface area contributed by atoms with E-state index in [0.29, 0.717) is 6.54 Å². The summed E-state index contributed by atoms with van der Waals surface area (Å²) in [5.41, 5.74) is -0.0263. The molecule has 0 saturated carbocycles. The van der Waals surface area contributed by atoms with Gasteiger partial charge in [-0.3, -0.25) is 9.69 Å². The van der Waals surface area contributed by atoms with Crippen molar-refractivity contribution in [1.29, 1.82) is 0 Å². The minimum atomic E-state index is -3.74. The Morgan fingerprint density at radius 1 is 1.30 bits per heavy atom. The Balaban J connectivity index is 2.10. The molecule has 0 aliphatic carbocycles. The van der Waals surface area contributed by atoms with Gasteiger partial charge in [0.2, 0.25) is 10.0 Å². The Hall–Kier alpha value is -1.19. The van der Waals surface area contributed by atoms with Crippen molar-refractivity contribution in [3.8, 4) is 0 Å². The molecule has 1 saturated heterocycles. The van der Waals surface area contributed by atoms with Gasteiger partial charge in [-0.2, -0.15) is 0 Å². The largest absolute Gasteiger partial charge is 0.373 e. The van der Waals surface area contributed by atoms with Gasteiger partial charge in [0.25, 0.3) is 5.91 Å². The smallest absolute Gasteiger partial charge is 0.251 e. The average molecular weight is 418 g/mol. The van der Waals surface area contributed by atoms with Crippen molar-refractivity contribution in [3.63, 3.8) is 0 Å². The van der Waals surface area contributed by atoms with E-state index in [2.05, 4.69) is 28.8 Å². The van der Waals surface area contributed by atoms with E-state index >= 15 is 0 Å². The van der Waals surface area contributed by atoms with E-state index < -0.39 is 10.0 Å². The molecule has 0 bridgehead atoms. The maximum Gasteiger partial charge on any atom is 0.251 e. The molecular weight excluding hydrogens is 390 g/mol. The van der Waals surface area contributed by atoms with Crippen LogP contribution in [-0.4, -0.2) is 63.7 Å². The quantitative estimate of drug-likeness (QED) is 0.737. The number of hydrogen-bond acceptors (Lipinski definition) is 5. The number of carbonyl (C=O) groups excluding carboxylic acids is 1. The molecule has 1 fully saturated rings. The maximum absolute atomic E-state index is 12.6. The average Bonchev–Trinajstić information content (AvgIpc) is 2.59. The monoisotopic (exact) mass is 417 g/mol. The van der Waals surface area contributed by atoms with Crippen LogP contribution in [0.25, 0.3) is 0 Å². The first-order valence-electron chi connectivity index (χ1n) is 8.88. The fraction of sp³-hybridized carbons (Fsp3) is 0.611. The van der Waals surface area contributed by atoms with Crippen molar-refractivity contribution < 1.29 is 17.9 Å². The molecule has 27 heavy (non-hydrogen) atoms. The molecule has 1 amide bonds. The number of morpholine rings is 1. The number of hydrogen-bond donors (Lipinski definition) is 2. The number of carbonyl (C=O) groups is 1. The van der Waals surface area contributed by atoms with Crippen LogP contribution >= 0.6 is 11.6 Å². The van der Waals surface area contributed by atoms with E-state index in [1.807, 2.05) is 13.8 Å². The van der Waals surface area contributed by atoms with Crippen LogP contribution in [0.5, 0.6) is 0 Å². The third kappa shape index (κ3) is 5.42. The number of sulfonamides is 1. The second-order valence-electron chi connectivity index (χ2n) is 7.51. The molecule has 1 aliphatic rings. The Morgan fingerprint density at radius 2 is 1.89 bits per heavy atom. The molecule has 1 aromatic rings. The molecule has 0 spiro atoms. The van der Waals surface area contributed by atoms with Crippen LogP contribution < -0.4 is 10.0 Å². The highest BCUT2D eigenvalue weighted by Gasteiger charge is 2.33. The first-order valence-corrected chi connectivity index (χ1v) is 10.7. The van der Waals surface area contributed by atoms with E-state index in [9.17, 15) is 13.2 Å². The lowest BCUT2D eigenvalue weighted by molar-refractivity contribution is -0.0948. The normalized spacial score (nSPS) is 21.9. The van der Waals surface area contributed by atoms with Gasteiger partial charge in [-0.1, -0.05) is 11.6 Å². The van der Waals surface area contributed by atoms with Gasteiger partial charge in [0, 0.05) is 30.7 Å². The predicted molar refractivity (Wildman–Crippen MR) is 106 cm³/mol. The van der Waals surface area contributed by atoms with Crippen molar-refractivity contribution >= 4 is 27.5 Å². The van der Waals surface area contributed by atoms with Gasteiger partial charge >= 0.3 is 0 Å². The van der Waals surface area contributed by atoms with Crippen molar-refractivity contribution in [1.82, 2.24) is 14.9 Å². The van der Waals surface area contributed by atoms with Gasteiger partial charge in [-0.15, -0.1) is 0 Å². The standard InChI is InChI=1S/C18H28ClN3O4S/c1-12-9-22(10-13(2)26-12)18(3,4)11-21-17(23)14-6-7-15(19)16(8-14)27(24,25)20-5/h6-8,12-13,20H,9-11H2,1-5H3,(H,21,23). The Bertz CT molecular complexity index is 788. The predicted octanol–water partition coefficient (Wildman–Crippen LogP) is 1.87. The van der Waals surface area contributed by atoms with Crippen molar-refractivity contribution in [2.75, 3.05) is 26.7 Å². The van der Waals surface area contributed by atoms with E-state index in [0.717, 1.165) is 13.1 Å². The van der Waals surface area contributed by atoms with Gasteiger partial charge < -0.3 is 10.1 Å². The molecule has 2 atom stereocenters. The highest BCUT2D eigenvalue weighted by Crippen LogP contribution is 2.23. The number of amides is 1. The van der Waals surface area contributed by atoms with Gasteiger partial charge in [-0.05, 0) is 52.9 Å². The summed E-state index contributed by atoms with van der Waals surface area (Å²) in [5.74, 6) is -0.346. The van der Waals surface area contributed by atoms with Gasteiger partial charge in [-0.25, -0.2) is 13.1 Å². The molecule has 2 N–H and O–H groups in total. The minimum absolute atomic E-state index is 0.0671. The van der Waals surface area contributed by atoms with Crippen LogP contribution in [0.3, 0.4) is 0 Å². The summed E-state index contributed by atoms with van der Waals surface area (Å²) in [7, 11) is -2.44. The van der Waals surface area contributed by atoms with Crippen molar-refractivity contribution in [3.05, 3.63) is 28.8 Å². The maximum atomic E-state index is 12.6. The van der Waals surface area contributed by atoms with Crippen LogP contribution in [0.15, 0.2) is 23.1 Å². The molecule has 9 heteroatoms. The van der Waals surface area contributed by atoms with Crippen LogP contribution in [0, 0.1) is 0 Å². The first-order chi connectivity index (χ1) is 12.5. The van der Waals surface area contributed by atoms with Crippen LogP contribution in [0.1, 0.15) is 38.1 Å². The van der Waals surface area contributed by atoms with Crippen LogP contribution in [0.4, 0.5) is 0 Å². The number of halogens is 1. The van der Waals surface area contributed by atoms with E-state index in [1.54, 1.807) is 0 Å². The first kappa shape index (κ1) is 22.1. The summed E-state index contributed by atoms with van der Waals surface area (Å²) in [6.07, 6.45) is 0.267. The molecule has 1 aromatic carbocycles. The molecule has 7 nitrogen and oxygen atoms in total. The number of ether oxygens (including phenoxy) is 1. The summed E-state index contributed by atoms with van der Waals surface area (Å²) >= 11 is 5.97. The van der Waals surface area contributed by atoms with Gasteiger partial charge in [0.1, 0.15) is 4.90 Å². The summed E-state index contributed by atoms with van der Waals surface area (Å²) in [6.45, 7) is 10.2. The second kappa shape index (κ2) is 8.45. The Kier molecular flexibility index (Phi) is 6.91. The molecule has 0 aromatic heterocycles. The SMILES string of the molecule is CNS(=O)(=O)c1cc(C(=O)NCC(C)(C)N2CC(C)OC(C)C2)ccc1Cl. The zero-order chi connectivity index (χ0) is 20.4. The molecule has 152 valence electrons. The molecule has 2 unspecified atom stereocenters. The molecular formula is C18H28ClN3O4S. The van der Waals surface area contributed by atoms with E-state index in [-0.39, 0.29) is 39.1 Å². The fourth-order valence-electron chi connectivity index (χ4n) is 3.14. The Morgan fingerprint density at radius 3 is 2.44 bits per heavy atom. The lowest BCUT2D eigenvalue weighted by Gasteiger charge is -2.45. The highest BCUT2D eigenvalue weighted by molar-refractivity contribution is 7.89. The van der Waals surface area contributed by atoms with E-state index in [1.165, 1.54) is 25.2 Å². The molecule has 2 rings (SSSR count). The summed E-state index contributed by atoms with van der Waals surface area (Å²) in [4.78, 5) is 14.7. The lowest BCUT2D eigenvalue weighted by atomic mass is 10.00. The van der Waals surface area contributed by atoms with Crippen LogP contribution in [-0.2, 0) is 14.8 Å². The highest BCUT2D eigenvalue weighted by atomic mass is 35.5. The Labute approximate surface area is 166 Å². The third-order valence-electron chi connectivity index (χ3n) is 4.71. The van der Waals surface area contributed by atoms with Gasteiger partial charge in [0.15, 0.2) is 0 Å². The molecule has 0 radical (unpaired) electrons. The zero-order valence-electron chi connectivity index (χ0n) is 16.4. The summed E-state index contributed by atoms with van der Waals surface area (Å²) in [6, 6.07) is 4.21. The lowest BCUT2D eigenvalue weighted by Crippen LogP contribution is -2.58.